The Morgan fingerprint density at radius 3 is 2.25 bits per heavy atom. The molecule has 0 saturated heterocycles. The standard InChI is InChI=1S/C9H21N3O3S/c1-3-6-10-9(13)11-7-5-8-12-16(14,15)4-2/h12H,3-8H2,1-2H3,(H2,10,11,13). The summed E-state index contributed by atoms with van der Waals surface area (Å²) >= 11 is 0. The van der Waals surface area contributed by atoms with E-state index < -0.39 is 10.0 Å². The van der Waals surface area contributed by atoms with E-state index in [1.54, 1.807) is 6.92 Å². The number of rotatable bonds is 8. The van der Waals surface area contributed by atoms with Crippen molar-refractivity contribution in [1.29, 1.82) is 0 Å². The Hall–Kier alpha value is -0.820. The minimum absolute atomic E-state index is 0.0808. The van der Waals surface area contributed by atoms with Crippen LogP contribution in [0.1, 0.15) is 26.7 Å². The van der Waals surface area contributed by atoms with Gasteiger partial charge < -0.3 is 10.6 Å². The Labute approximate surface area is 97.2 Å². The van der Waals surface area contributed by atoms with Crippen LogP contribution in [-0.2, 0) is 10.0 Å². The molecule has 0 fully saturated rings. The molecule has 0 aromatic heterocycles. The van der Waals surface area contributed by atoms with Crippen LogP contribution >= 0.6 is 0 Å². The molecule has 2 amide bonds. The Kier molecular flexibility index (Phi) is 7.92. The molecule has 0 aromatic rings. The SMILES string of the molecule is CCCNC(=O)NCCCNS(=O)(=O)CC. The van der Waals surface area contributed by atoms with E-state index in [0.29, 0.717) is 26.1 Å². The summed E-state index contributed by atoms with van der Waals surface area (Å²) in [5, 5.41) is 5.30. The third-order valence-corrected chi connectivity index (χ3v) is 3.28. The van der Waals surface area contributed by atoms with Crippen LogP contribution in [-0.4, -0.2) is 39.8 Å². The van der Waals surface area contributed by atoms with E-state index in [1.807, 2.05) is 6.92 Å². The minimum atomic E-state index is -3.11. The topological polar surface area (TPSA) is 87.3 Å². The van der Waals surface area contributed by atoms with Gasteiger partial charge in [-0.05, 0) is 19.8 Å². The minimum Gasteiger partial charge on any atom is -0.338 e. The summed E-state index contributed by atoms with van der Waals surface area (Å²) in [6.45, 7) is 5.01. The molecule has 0 aromatic carbocycles. The highest BCUT2D eigenvalue weighted by Gasteiger charge is 2.04. The Balaban J connectivity index is 3.44. The van der Waals surface area contributed by atoms with Gasteiger partial charge in [0.15, 0.2) is 0 Å². The van der Waals surface area contributed by atoms with Crippen molar-refractivity contribution < 1.29 is 13.2 Å². The third kappa shape index (κ3) is 8.49. The average Bonchev–Trinajstić information content (AvgIpc) is 2.25. The summed E-state index contributed by atoms with van der Waals surface area (Å²) in [6, 6.07) is -0.208. The molecule has 7 heteroatoms. The third-order valence-electron chi connectivity index (χ3n) is 1.88. The number of nitrogens with one attached hydrogen (secondary N) is 3. The maximum Gasteiger partial charge on any atom is 0.314 e. The lowest BCUT2D eigenvalue weighted by Crippen LogP contribution is -2.37. The fraction of sp³-hybridized carbons (Fsp3) is 0.889. The van der Waals surface area contributed by atoms with Crippen LogP contribution < -0.4 is 15.4 Å². The summed E-state index contributed by atoms with van der Waals surface area (Å²) in [4.78, 5) is 11.1. The largest absolute Gasteiger partial charge is 0.338 e. The van der Waals surface area contributed by atoms with Crippen LogP contribution in [0.5, 0.6) is 0 Å². The number of carbonyl (C=O) groups is 1. The molecule has 0 aliphatic carbocycles. The first-order valence-electron chi connectivity index (χ1n) is 5.51. The van der Waals surface area contributed by atoms with Gasteiger partial charge in [-0.2, -0.15) is 0 Å². The normalized spacial score (nSPS) is 11.1. The second-order valence-corrected chi connectivity index (χ2v) is 5.43. The molecule has 0 rings (SSSR count). The molecule has 96 valence electrons. The Morgan fingerprint density at radius 1 is 1.06 bits per heavy atom. The van der Waals surface area contributed by atoms with Gasteiger partial charge in [0, 0.05) is 19.6 Å². The average molecular weight is 251 g/mol. The van der Waals surface area contributed by atoms with Crippen LogP contribution in [0, 0.1) is 0 Å². The summed E-state index contributed by atoms with van der Waals surface area (Å²) < 4.78 is 24.5. The van der Waals surface area contributed by atoms with E-state index in [-0.39, 0.29) is 11.8 Å². The molecule has 0 aliphatic rings. The van der Waals surface area contributed by atoms with Crippen molar-refractivity contribution >= 4 is 16.1 Å². The molecule has 0 bridgehead atoms. The Bertz CT molecular complexity index is 290. The van der Waals surface area contributed by atoms with Crippen molar-refractivity contribution in [1.82, 2.24) is 15.4 Å². The van der Waals surface area contributed by atoms with Crippen molar-refractivity contribution in [2.45, 2.75) is 26.7 Å². The first-order chi connectivity index (χ1) is 7.52. The van der Waals surface area contributed by atoms with Gasteiger partial charge >= 0.3 is 6.03 Å². The maximum atomic E-state index is 11.1. The van der Waals surface area contributed by atoms with E-state index in [4.69, 9.17) is 0 Å². The van der Waals surface area contributed by atoms with Gasteiger partial charge in [0.05, 0.1) is 5.75 Å². The first kappa shape index (κ1) is 15.2. The van der Waals surface area contributed by atoms with E-state index in [9.17, 15) is 13.2 Å². The molecule has 16 heavy (non-hydrogen) atoms. The predicted molar refractivity (Wildman–Crippen MR) is 63.8 cm³/mol. The van der Waals surface area contributed by atoms with Crippen molar-refractivity contribution in [3.63, 3.8) is 0 Å². The second-order valence-electron chi connectivity index (χ2n) is 3.33. The number of carbonyl (C=O) groups excluding carboxylic acids is 1. The van der Waals surface area contributed by atoms with Gasteiger partial charge in [-0.1, -0.05) is 6.92 Å². The number of hydrogen-bond donors (Lipinski definition) is 3. The maximum absolute atomic E-state index is 11.1. The summed E-state index contributed by atoms with van der Waals surface area (Å²) in [5.74, 6) is 0.0808. The lowest BCUT2D eigenvalue weighted by molar-refractivity contribution is 0.241. The predicted octanol–water partition coefficient (Wildman–Crippen LogP) is 0.0250. The number of urea groups is 1. The van der Waals surface area contributed by atoms with E-state index in [2.05, 4.69) is 15.4 Å². The van der Waals surface area contributed by atoms with Crippen LogP contribution in [0.4, 0.5) is 4.79 Å². The molecule has 3 N–H and O–H groups in total. The molecule has 0 aliphatic heterocycles. The van der Waals surface area contributed by atoms with Gasteiger partial charge in [0.2, 0.25) is 10.0 Å². The van der Waals surface area contributed by atoms with Gasteiger partial charge in [-0.25, -0.2) is 17.9 Å². The van der Waals surface area contributed by atoms with Crippen LogP contribution in [0.25, 0.3) is 0 Å². The molecular formula is C9H21N3O3S. The second kappa shape index (κ2) is 8.35. The fourth-order valence-corrected chi connectivity index (χ4v) is 1.58. The zero-order chi connectivity index (χ0) is 12.4. The number of amides is 2. The lowest BCUT2D eigenvalue weighted by Gasteiger charge is -2.07. The van der Waals surface area contributed by atoms with E-state index >= 15 is 0 Å². The summed E-state index contributed by atoms with van der Waals surface area (Å²) in [7, 11) is -3.11. The summed E-state index contributed by atoms with van der Waals surface area (Å²) in [5.41, 5.74) is 0. The molecule has 0 unspecified atom stereocenters. The lowest BCUT2D eigenvalue weighted by atomic mass is 10.4. The molecule has 0 radical (unpaired) electrons. The Morgan fingerprint density at radius 2 is 1.69 bits per heavy atom. The highest BCUT2D eigenvalue weighted by molar-refractivity contribution is 7.89. The van der Waals surface area contributed by atoms with E-state index in [1.165, 1.54) is 0 Å². The van der Waals surface area contributed by atoms with Crippen LogP contribution in [0.15, 0.2) is 0 Å². The quantitative estimate of drug-likeness (QED) is 0.532. The van der Waals surface area contributed by atoms with Crippen molar-refractivity contribution in [2.75, 3.05) is 25.4 Å². The van der Waals surface area contributed by atoms with Gasteiger partial charge in [0.25, 0.3) is 0 Å². The molecule has 0 heterocycles. The molecule has 0 saturated carbocycles. The highest BCUT2D eigenvalue weighted by atomic mass is 32.2. The van der Waals surface area contributed by atoms with Crippen LogP contribution in [0.2, 0.25) is 0 Å². The fourth-order valence-electron chi connectivity index (χ4n) is 0.921. The summed E-state index contributed by atoms with van der Waals surface area (Å²) in [6.07, 6.45) is 1.47. The monoisotopic (exact) mass is 251 g/mol. The first-order valence-corrected chi connectivity index (χ1v) is 7.16. The molecule has 0 atom stereocenters. The number of hydrogen-bond acceptors (Lipinski definition) is 3. The van der Waals surface area contributed by atoms with E-state index in [0.717, 1.165) is 6.42 Å². The molecule has 0 spiro atoms. The highest BCUT2D eigenvalue weighted by Crippen LogP contribution is 1.83. The molecule has 6 nitrogen and oxygen atoms in total. The molecular weight excluding hydrogens is 230 g/mol. The number of sulfonamides is 1. The van der Waals surface area contributed by atoms with Gasteiger partial charge in [0.1, 0.15) is 0 Å². The zero-order valence-electron chi connectivity index (χ0n) is 9.88. The van der Waals surface area contributed by atoms with Gasteiger partial charge in [-0.15, -0.1) is 0 Å². The van der Waals surface area contributed by atoms with Crippen molar-refractivity contribution in [3.8, 4) is 0 Å². The van der Waals surface area contributed by atoms with Gasteiger partial charge in [-0.3, -0.25) is 0 Å². The van der Waals surface area contributed by atoms with Crippen LogP contribution in [0.3, 0.4) is 0 Å². The zero-order valence-corrected chi connectivity index (χ0v) is 10.7. The smallest absolute Gasteiger partial charge is 0.314 e. The van der Waals surface area contributed by atoms with Crippen molar-refractivity contribution in [2.24, 2.45) is 0 Å². The van der Waals surface area contributed by atoms with Crippen molar-refractivity contribution in [3.05, 3.63) is 0 Å².